The van der Waals surface area contributed by atoms with Gasteiger partial charge < -0.3 is 9.64 Å². The van der Waals surface area contributed by atoms with E-state index in [2.05, 4.69) is 29.1 Å². The van der Waals surface area contributed by atoms with Gasteiger partial charge in [0.1, 0.15) is 5.82 Å². The number of benzene rings is 2. The Labute approximate surface area is 176 Å². The van der Waals surface area contributed by atoms with Crippen molar-refractivity contribution in [3.63, 3.8) is 0 Å². The van der Waals surface area contributed by atoms with E-state index in [-0.39, 0.29) is 17.3 Å². The van der Waals surface area contributed by atoms with Gasteiger partial charge in [-0.05, 0) is 69.2 Å². The van der Waals surface area contributed by atoms with Gasteiger partial charge in [0, 0.05) is 21.4 Å². The van der Waals surface area contributed by atoms with Crippen LogP contribution in [0.5, 0.6) is 0 Å². The Morgan fingerprint density at radius 3 is 2.66 bits per heavy atom. The van der Waals surface area contributed by atoms with Crippen LogP contribution in [0.2, 0.25) is 5.02 Å². The highest BCUT2D eigenvalue weighted by Gasteiger charge is 2.36. The van der Waals surface area contributed by atoms with E-state index < -0.39 is 0 Å². The van der Waals surface area contributed by atoms with Gasteiger partial charge in [0.05, 0.1) is 24.4 Å². The minimum atomic E-state index is -0.204. The number of rotatable bonds is 6. The number of fused-ring (bicyclic) bond motifs is 1. The molecule has 1 saturated heterocycles. The van der Waals surface area contributed by atoms with E-state index in [1.807, 2.05) is 24.3 Å². The van der Waals surface area contributed by atoms with Crippen LogP contribution in [0.15, 0.2) is 42.6 Å². The molecular formula is C23H27ClFN3O. The minimum absolute atomic E-state index is 0.0892. The molecule has 0 spiro atoms. The van der Waals surface area contributed by atoms with Crippen molar-refractivity contribution < 1.29 is 9.13 Å². The Bertz CT molecular complexity index is 964. The molecule has 0 radical (unpaired) electrons. The van der Waals surface area contributed by atoms with Crippen LogP contribution in [0.1, 0.15) is 43.4 Å². The molecule has 3 aromatic rings. The first-order valence-electron chi connectivity index (χ1n) is 10.2. The van der Waals surface area contributed by atoms with Crippen molar-refractivity contribution in [2.24, 2.45) is 0 Å². The first kappa shape index (κ1) is 20.3. The third-order valence-corrected chi connectivity index (χ3v) is 6.44. The van der Waals surface area contributed by atoms with E-state index in [0.29, 0.717) is 11.6 Å². The molecule has 6 heteroatoms. The maximum absolute atomic E-state index is 13.5. The van der Waals surface area contributed by atoms with Crippen molar-refractivity contribution in [1.82, 2.24) is 15.1 Å². The van der Waals surface area contributed by atoms with Gasteiger partial charge in [0.15, 0.2) is 0 Å². The SMILES string of the molecule is CCC(OCC1(c2ccc(F)cc2)CCN(C)CC1)c1cc(Cl)cc2cn[nH]c12. The lowest BCUT2D eigenvalue weighted by Crippen LogP contribution is -2.44. The molecule has 2 heterocycles. The van der Waals surface area contributed by atoms with Gasteiger partial charge >= 0.3 is 0 Å². The number of ether oxygens (including phenoxy) is 1. The van der Waals surface area contributed by atoms with E-state index in [0.717, 1.165) is 54.4 Å². The summed E-state index contributed by atoms with van der Waals surface area (Å²) in [7, 11) is 2.14. The molecule has 0 bridgehead atoms. The van der Waals surface area contributed by atoms with Gasteiger partial charge in [-0.25, -0.2) is 4.39 Å². The molecule has 4 nitrogen and oxygen atoms in total. The number of hydrogen-bond donors (Lipinski definition) is 1. The van der Waals surface area contributed by atoms with E-state index in [4.69, 9.17) is 16.3 Å². The Hall–Kier alpha value is -1.95. The quantitative estimate of drug-likeness (QED) is 0.579. The number of nitrogens with zero attached hydrogens (tertiary/aromatic N) is 2. The fourth-order valence-electron chi connectivity index (χ4n) is 4.35. The van der Waals surface area contributed by atoms with Crippen molar-refractivity contribution in [1.29, 1.82) is 0 Å². The summed E-state index contributed by atoms with van der Waals surface area (Å²) in [6, 6.07) is 10.8. The second-order valence-corrected chi connectivity index (χ2v) is 8.56. The van der Waals surface area contributed by atoms with Crippen molar-refractivity contribution in [2.75, 3.05) is 26.7 Å². The number of likely N-dealkylation sites (tertiary alicyclic amines) is 1. The minimum Gasteiger partial charge on any atom is -0.373 e. The predicted octanol–water partition coefficient (Wildman–Crippen LogP) is 5.49. The molecule has 0 saturated carbocycles. The van der Waals surface area contributed by atoms with Crippen LogP contribution in [-0.4, -0.2) is 41.8 Å². The number of piperidine rings is 1. The highest BCUT2D eigenvalue weighted by atomic mass is 35.5. The van der Waals surface area contributed by atoms with Crippen LogP contribution < -0.4 is 0 Å². The van der Waals surface area contributed by atoms with Gasteiger partial charge in [-0.15, -0.1) is 0 Å². The Morgan fingerprint density at radius 2 is 1.97 bits per heavy atom. The van der Waals surface area contributed by atoms with Crippen LogP contribution in [0, 0.1) is 5.82 Å². The van der Waals surface area contributed by atoms with Gasteiger partial charge in [-0.3, -0.25) is 5.10 Å². The van der Waals surface area contributed by atoms with Gasteiger partial charge in [-0.1, -0.05) is 30.7 Å². The maximum Gasteiger partial charge on any atom is 0.123 e. The van der Waals surface area contributed by atoms with Crippen molar-refractivity contribution in [3.8, 4) is 0 Å². The average Bonchev–Trinajstić information content (AvgIpc) is 3.19. The number of nitrogens with one attached hydrogen (secondary N) is 1. The fraction of sp³-hybridized carbons (Fsp3) is 0.435. The lowest BCUT2D eigenvalue weighted by Gasteiger charge is -2.41. The summed E-state index contributed by atoms with van der Waals surface area (Å²) in [6.07, 6.45) is 4.50. The number of aromatic amines is 1. The molecule has 1 atom stereocenters. The topological polar surface area (TPSA) is 41.1 Å². The molecule has 0 amide bonds. The summed E-state index contributed by atoms with van der Waals surface area (Å²) >= 11 is 6.35. The third kappa shape index (κ3) is 4.18. The van der Waals surface area contributed by atoms with E-state index in [1.165, 1.54) is 0 Å². The standard InChI is InChI=1S/C23H27ClFN3O/c1-3-21(20-13-18(24)12-16-14-26-27-22(16)20)29-15-23(8-10-28(2)11-9-23)17-4-6-19(25)7-5-17/h4-7,12-14,21H,3,8-11,15H2,1-2H3,(H,26,27). The molecule has 154 valence electrons. The Morgan fingerprint density at radius 1 is 1.24 bits per heavy atom. The zero-order chi connectivity index (χ0) is 20.4. The summed E-state index contributed by atoms with van der Waals surface area (Å²) in [5, 5.41) is 8.92. The van der Waals surface area contributed by atoms with E-state index in [9.17, 15) is 4.39 Å². The zero-order valence-corrected chi connectivity index (χ0v) is 17.7. The number of halogens is 2. The predicted molar refractivity (Wildman–Crippen MR) is 115 cm³/mol. The van der Waals surface area contributed by atoms with Gasteiger partial charge in [-0.2, -0.15) is 5.10 Å². The number of H-pyrrole nitrogens is 1. The number of hydrogen-bond acceptors (Lipinski definition) is 3. The Balaban J connectivity index is 1.62. The summed E-state index contributed by atoms with van der Waals surface area (Å²) < 4.78 is 20.1. The second kappa shape index (κ2) is 8.42. The summed E-state index contributed by atoms with van der Waals surface area (Å²) in [6.45, 7) is 4.71. The smallest absolute Gasteiger partial charge is 0.123 e. The largest absolute Gasteiger partial charge is 0.373 e. The lowest BCUT2D eigenvalue weighted by atomic mass is 9.73. The number of aromatic nitrogens is 2. The van der Waals surface area contributed by atoms with Crippen molar-refractivity contribution in [2.45, 2.75) is 37.7 Å². The van der Waals surface area contributed by atoms with Crippen LogP contribution in [0.3, 0.4) is 0 Å². The molecule has 0 aliphatic carbocycles. The van der Waals surface area contributed by atoms with Gasteiger partial charge in [0.2, 0.25) is 0 Å². The lowest BCUT2D eigenvalue weighted by molar-refractivity contribution is -0.00331. The highest BCUT2D eigenvalue weighted by molar-refractivity contribution is 6.31. The zero-order valence-electron chi connectivity index (χ0n) is 16.9. The normalized spacial score (nSPS) is 18.2. The molecule has 2 aromatic carbocycles. The monoisotopic (exact) mass is 415 g/mol. The molecule has 29 heavy (non-hydrogen) atoms. The first-order valence-corrected chi connectivity index (χ1v) is 10.6. The molecular weight excluding hydrogens is 389 g/mol. The molecule has 1 fully saturated rings. The maximum atomic E-state index is 13.5. The molecule has 1 N–H and O–H groups in total. The van der Waals surface area contributed by atoms with Crippen LogP contribution in [-0.2, 0) is 10.2 Å². The fourth-order valence-corrected chi connectivity index (χ4v) is 4.59. The first-order chi connectivity index (χ1) is 14.0. The van der Waals surface area contributed by atoms with Crippen molar-refractivity contribution in [3.05, 3.63) is 64.6 Å². The van der Waals surface area contributed by atoms with Crippen molar-refractivity contribution >= 4 is 22.5 Å². The summed E-state index contributed by atoms with van der Waals surface area (Å²) in [5.41, 5.74) is 3.05. The molecule has 1 unspecified atom stereocenters. The Kier molecular flexibility index (Phi) is 5.91. The summed E-state index contributed by atoms with van der Waals surface area (Å²) in [5.74, 6) is -0.204. The summed E-state index contributed by atoms with van der Waals surface area (Å²) in [4.78, 5) is 2.34. The highest BCUT2D eigenvalue weighted by Crippen LogP contribution is 2.38. The van der Waals surface area contributed by atoms with Crippen LogP contribution in [0.25, 0.3) is 10.9 Å². The van der Waals surface area contributed by atoms with E-state index >= 15 is 0 Å². The van der Waals surface area contributed by atoms with Gasteiger partial charge in [0.25, 0.3) is 0 Å². The molecule has 1 aliphatic heterocycles. The third-order valence-electron chi connectivity index (χ3n) is 6.22. The average molecular weight is 416 g/mol. The molecule has 1 aliphatic rings. The molecule has 1 aromatic heterocycles. The second-order valence-electron chi connectivity index (χ2n) is 8.13. The van der Waals surface area contributed by atoms with Crippen LogP contribution >= 0.6 is 11.6 Å². The van der Waals surface area contributed by atoms with E-state index in [1.54, 1.807) is 18.3 Å². The molecule has 4 rings (SSSR count). The van der Waals surface area contributed by atoms with Crippen LogP contribution in [0.4, 0.5) is 4.39 Å².